The number of carbonyl (C=O) groups is 4. The zero-order valence-corrected chi connectivity index (χ0v) is 38.6. The molecule has 5 atom stereocenters. The first-order valence-electron chi connectivity index (χ1n) is 22.7. The Balaban J connectivity index is 1.14. The first kappa shape index (κ1) is 44.8. The fourth-order valence-corrected chi connectivity index (χ4v) is 11.2. The van der Waals surface area contributed by atoms with Gasteiger partial charge < -0.3 is 29.9 Å². The molecule has 4 heterocycles. The summed E-state index contributed by atoms with van der Waals surface area (Å²) >= 11 is 1.49. The number of fused-ring (bicyclic) bond motifs is 3. The quantitative estimate of drug-likeness (QED) is 0.163. The number of methoxy groups -OCH3 is 1. The van der Waals surface area contributed by atoms with E-state index in [1.807, 2.05) is 49.6 Å². The SMILES string of the molecule is CCCN(CC1CC1)C(=O)N[C@H]1CCCCC/C=C\[C@@H]2C[C@@]2(C(=O)NS(=O)(=O)C2CC2)NC(=O)[C@@H]2C[C@@H](Oc3cc(-c4nc(C(C)C)cs4)nc4c(C)c(OC)ccc34)CN2C1=O. The van der Waals surface area contributed by atoms with Crippen LogP contribution in [0, 0.1) is 18.8 Å². The van der Waals surface area contributed by atoms with Crippen molar-refractivity contribution in [1.29, 1.82) is 0 Å². The monoisotopic (exact) mass is 903 g/mol. The number of aryl methyl sites for hydroxylation is 1. The zero-order chi connectivity index (χ0) is 44.6. The van der Waals surface area contributed by atoms with Crippen molar-refractivity contribution in [2.75, 3.05) is 26.7 Å². The maximum Gasteiger partial charge on any atom is 0.318 e. The Hall–Kier alpha value is -4.77. The third-order valence-electron chi connectivity index (χ3n) is 13.1. The fourth-order valence-electron chi connectivity index (χ4n) is 8.90. The number of urea groups is 1. The van der Waals surface area contributed by atoms with Gasteiger partial charge in [-0.1, -0.05) is 45.8 Å². The predicted octanol–water partition coefficient (Wildman–Crippen LogP) is 6.35. The molecule has 0 radical (unpaired) electrons. The lowest BCUT2D eigenvalue weighted by Gasteiger charge is -2.31. The van der Waals surface area contributed by atoms with Crippen LogP contribution in [0.15, 0.2) is 35.7 Å². The van der Waals surface area contributed by atoms with Crippen molar-refractivity contribution in [3.05, 3.63) is 47.0 Å². The number of amides is 5. The van der Waals surface area contributed by atoms with E-state index in [0.717, 1.165) is 53.8 Å². The number of sulfonamides is 1. The number of nitrogens with one attached hydrogen (secondary N) is 3. The van der Waals surface area contributed by atoms with Gasteiger partial charge in [-0.15, -0.1) is 11.3 Å². The van der Waals surface area contributed by atoms with Crippen molar-refractivity contribution in [2.45, 2.75) is 140 Å². The summed E-state index contributed by atoms with van der Waals surface area (Å²) < 4.78 is 40.8. The number of benzene rings is 1. The summed E-state index contributed by atoms with van der Waals surface area (Å²) in [6.45, 7) is 9.34. The summed E-state index contributed by atoms with van der Waals surface area (Å²) in [7, 11) is -2.30. The minimum atomic E-state index is -3.91. The van der Waals surface area contributed by atoms with Gasteiger partial charge in [0.2, 0.25) is 21.8 Å². The molecule has 3 saturated carbocycles. The van der Waals surface area contributed by atoms with E-state index in [9.17, 15) is 22.8 Å². The molecule has 0 unspecified atom stereocenters. The van der Waals surface area contributed by atoms with Crippen LogP contribution in [0.5, 0.6) is 11.5 Å². The van der Waals surface area contributed by atoms with E-state index in [0.29, 0.717) is 73.8 Å². The van der Waals surface area contributed by atoms with Gasteiger partial charge in [0.25, 0.3) is 5.91 Å². The van der Waals surface area contributed by atoms with Crippen molar-refractivity contribution >= 4 is 56.0 Å². The van der Waals surface area contributed by atoms with Gasteiger partial charge in [-0.05, 0) is 88.7 Å². The van der Waals surface area contributed by atoms with Crippen molar-refractivity contribution in [1.82, 2.24) is 35.1 Å². The first-order valence-corrected chi connectivity index (χ1v) is 25.1. The molecule has 15 nitrogen and oxygen atoms in total. The lowest BCUT2D eigenvalue weighted by molar-refractivity contribution is -0.141. The summed E-state index contributed by atoms with van der Waals surface area (Å²) in [5.74, 6) is -0.354. The molecule has 3 N–H and O–H groups in total. The Morgan fingerprint density at radius 1 is 1.08 bits per heavy atom. The maximum atomic E-state index is 15.0. The Morgan fingerprint density at radius 2 is 1.87 bits per heavy atom. The molecule has 2 aliphatic heterocycles. The van der Waals surface area contributed by atoms with Gasteiger partial charge in [0.1, 0.15) is 45.9 Å². The lowest BCUT2D eigenvalue weighted by Crippen LogP contribution is -2.59. The predicted molar refractivity (Wildman–Crippen MR) is 241 cm³/mol. The van der Waals surface area contributed by atoms with E-state index in [-0.39, 0.29) is 31.3 Å². The number of allylic oxidation sites excluding steroid dienone is 1. The molecule has 5 aliphatic rings. The van der Waals surface area contributed by atoms with Crippen LogP contribution in [0.25, 0.3) is 21.6 Å². The average molecular weight is 904 g/mol. The van der Waals surface area contributed by atoms with Gasteiger partial charge in [0.05, 0.1) is 30.1 Å². The molecule has 3 aromatic rings. The summed E-state index contributed by atoms with van der Waals surface area (Å²) in [4.78, 5) is 70.9. The highest BCUT2D eigenvalue weighted by Gasteiger charge is 2.62. The number of carbonyl (C=O) groups excluding carboxylic acids is 4. The standard InChI is InChI=1S/C46H61N7O8S2/c1-6-20-52(24-29-14-15-29)45(57)49-34-13-11-9-7-8-10-12-30-23-46(30,44(56)51-63(58,59)32-16-17-32)50-41(54)37-21-31(25-53(37)43(34)55)61-39-22-35(42-48-36(26-62-42)27(2)3)47-40-28(4)38(60-5)19-18-33(39)40/h10,12,18-19,22,26-27,29-32,34,37H,6-9,11,13-17,20-21,23-25H2,1-5H3,(H,49,57)(H,50,54)(H,51,56)/b12-10-/t30-,31-,34+,37+,46-/m1/s1. The largest absolute Gasteiger partial charge is 0.496 e. The van der Waals surface area contributed by atoms with Crippen molar-refractivity contribution in [2.24, 2.45) is 11.8 Å². The van der Waals surface area contributed by atoms with E-state index in [2.05, 4.69) is 29.2 Å². The fraction of sp³-hybridized carbons (Fsp3) is 0.609. The number of pyridine rings is 1. The second kappa shape index (κ2) is 18.4. The second-order valence-corrected chi connectivity index (χ2v) is 21.2. The normalized spacial score (nSPS) is 25.9. The summed E-state index contributed by atoms with van der Waals surface area (Å²) in [5, 5.41) is 8.88. The van der Waals surface area contributed by atoms with Gasteiger partial charge in [-0.2, -0.15) is 0 Å². The molecule has 2 aromatic heterocycles. The van der Waals surface area contributed by atoms with Crippen LogP contribution in [0.2, 0.25) is 0 Å². The van der Waals surface area contributed by atoms with Crippen molar-refractivity contribution < 1.29 is 37.1 Å². The minimum Gasteiger partial charge on any atom is -0.496 e. The topological polar surface area (TPSA) is 189 Å². The van der Waals surface area contributed by atoms with Crippen LogP contribution in [0.4, 0.5) is 4.79 Å². The zero-order valence-electron chi connectivity index (χ0n) is 37.0. The Morgan fingerprint density at radius 3 is 2.57 bits per heavy atom. The number of nitrogens with zero attached hydrogens (tertiary/aromatic N) is 4. The number of rotatable bonds is 13. The molecule has 0 spiro atoms. The van der Waals surface area contributed by atoms with Crippen LogP contribution in [-0.4, -0.2) is 108 Å². The third-order valence-corrected chi connectivity index (χ3v) is 15.8. The van der Waals surface area contributed by atoms with E-state index in [4.69, 9.17) is 19.4 Å². The van der Waals surface area contributed by atoms with Gasteiger partial charge in [0, 0.05) is 47.8 Å². The molecule has 63 heavy (non-hydrogen) atoms. The van der Waals surface area contributed by atoms with Crippen LogP contribution >= 0.6 is 11.3 Å². The minimum absolute atomic E-state index is 0.0195. The van der Waals surface area contributed by atoms with Crippen LogP contribution in [-0.2, 0) is 24.4 Å². The highest BCUT2D eigenvalue weighted by Crippen LogP contribution is 2.46. The second-order valence-electron chi connectivity index (χ2n) is 18.4. The van der Waals surface area contributed by atoms with E-state index in [1.165, 1.54) is 16.2 Å². The van der Waals surface area contributed by atoms with Gasteiger partial charge in [-0.3, -0.25) is 19.1 Å². The molecule has 4 fully saturated rings. The van der Waals surface area contributed by atoms with Crippen LogP contribution < -0.4 is 24.8 Å². The van der Waals surface area contributed by atoms with Crippen molar-refractivity contribution in [3.63, 3.8) is 0 Å². The van der Waals surface area contributed by atoms with Gasteiger partial charge >= 0.3 is 6.03 Å². The number of hydrogen-bond donors (Lipinski definition) is 3. The van der Waals surface area contributed by atoms with E-state index < -0.39 is 62.6 Å². The first-order chi connectivity index (χ1) is 30.2. The van der Waals surface area contributed by atoms with Crippen molar-refractivity contribution in [3.8, 4) is 22.2 Å². The van der Waals surface area contributed by atoms with Crippen LogP contribution in [0.1, 0.15) is 115 Å². The van der Waals surface area contributed by atoms with Crippen LogP contribution in [0.3, 0.4) is 0 Å². The molecule has 8 rings (SSSR count). The molecule has 5 amide bonds. The summed E-state index contributed by atoms with van der Waals surface area (Å²) in [6.07, 6.45) is 10.7. The molecule has 1 saturated heterocycles. The van der Waals surface area contributed by atoms with Gasteiger partial charge in [0.15, 0.2) is 0 Å². The molecular weight excluding hydrogens is 843 g/mol. The number of aromatic nitrogens is 2. The number of hydrogen-bond acceptors (Lipinski definition) is 11. The summed E-state index contributed by atoms with van der Waals surface area (Å²) in [5.41, 5.74) is 1.53. The number of ether oxygens (including phenoxy) is 2. The number of thiazole rings is 1. The smallest absolute Gasteiger partial charge is 0.318 e. The maximum absolute atomic E-state index is 15.0. The van der Waals surface area contributed by atoms with E-state index in [1.54, 1.807) is 12.0 Å². The highest BCUT2D eigenvalue weighted by atomic mass is 32.2. The Bertz CT molecular complexity index is 2380. The highest BCUT2D eigenvalue weighted by molar-refractivity contribution is 7.91. The molecule has 17 heteroatoms. The molecule has 0 bridgehead atoms. The molecular formula is C46H61N7O8S2. The molecule has 1 aromatic carbocycles. The Labute approximate surface area is 374 Å². The average Bonchev–Trinajstić information content (AvgIpc) is 4.21. The van der Waals surface area contributed by atoms with E-state index >= 15 is 4.79 Å². The molecule has 340 valence electrons. The Kier molecular flexibility index (Phi) is 13.1. The summed E-state index contributed by atoms with van der Waals surface area (Å²) in [6, 6.07) is 3.28. The van der Waals surface area contributed by atoms with Gasteiger partial charge in [-0.25, -0.2) is 23.2 Å². The molecule has 3 aliphatic carbocycles. The third kappa shape index (κ3) is 9.83. The lowest BCUT2D eigenvalue weighted by atomic mass is 10.0.